The van der Waals surface area contributed by atoms with E-state index in [1.54, 1.807) is 24.3 Å². The lowest BCUT2D eigenvalue weighted by Crippen LogP contribution is -2.45. The highest BCUT2D eigenvalue weighted by Crippen LogP contribution is 2.16. The Kier molecular flexibility index (Phi) is 6.02. The van der Waals surface area contributed by atoms with Crippen LogP contribution in [0.25, 0.3) is 0 Å². The number of carbonyl (C=O) groups is 1. The fraction of sp³-hybridized carbons (Fsp3) is 0.562. The average molecular weight is 282 g/mol. The third-order valence-corrected chi connectivity index (χ3v) is 3.50. The lowest BCUT2D eigenvalue weighted by Gasteiger charge is -2.33. The van der Waals surface area contributed by atoms with Gasteiger partial charge in [-0.25, -0.2) is 0 Å². The van der Waals surface area contributed by atoms with E-state index in [2.05, 4.69) is 32.6 Å². The summed E-state index contributed by atoms with van der Waals surface area (Å²) < 4.78 is 0. The first-order valence-corrected chi connectivity index (χ1v) is 7.26. The first-order valence-electron chi connectivity index (χ1n) is 6.88. The molecule has 2 nitrogen and oxygen atoms in total. The van der Waals surface area contributed by atoms with Gasteiger partial charge in [-0.1, -0.05) is 25.4 Å². The molecule has 0 saturated heterocycles. The molecule has 0 N–H and O–H groups in total. The predicted molar refractivity (Wildman–Crippen MR) is 81.9 cm³/mol. The fourth-order valence-corrected chi connectivity index (χ4v) is 2.37. The predicted octanol–water partition coefficient (Wildman–Crippen LogP) is 4.28. The summed E-state index contributed by atoms with van der Waals surface area (Å²) in [5.41, 5.74) is 0.728. The van der Waals surface area contributed by atoms with Crippen molar-refractivity contribution < 1.29 is 4.79 Å². The minimum Gasteiger partial charge on any atom is -0.292 e. The molecule has 0 heterocycles. The molecule has 0 amide bonds. The normalized spacial score (nSPS) is 13.3. The van der Waals surface area contributed by atoms with Gasteiger partial charge >= 0.3 is 0 Å². The molecule has 1 aromatic rings. The van der Waals surface area contributed by atoms with Gasteiger partial charge in [0.1, 0.15) is 0 Å². The van der Waals surface area contributed by atoms with Gasteiger partial charge in [-0.05, 0) is 51.0 Å². The molecular weight excluding hydrogens is 258 g/mol. The van der Waals surface area contributed by atoms with Gasteiger partial charge in [0.25, 0.3) is 0 Å². The smallest absolute Gasteiger partial charge is 0.179 e. The summed E-state index contributed by atoms with van der Waals surface area (Å²) in [5.74, 6) is 0.703. The van der Waals surface area contributed by atoms with Crippen molar-refractivity contribution in [2.75, 3.05) is 6.54 Å². The molecule has 0 aliphatic heterocycles. The molecule has 1 aromatic carbocycles. The Bertz CT molecular complexity index is 411. The second kappa shape index (κ2) is 7.06. The standard InChI is InChI=1S/C16H24ClNO/c1-11(2)10-18(12(3)4)13(5)16(19)14-6-8-15(17)9-7-14/h6-9,11-13H,10H2,1-5H3. The van der Waals surface area contributed by atoms with Crippen molar-refractivity contribution in [3.05, 3.63) is 34.9 Å². The van der Waals surface area contributed by atoms with Crippen molar-refractivity contribution in [1.82, 2.24) is 4.90 Å². The van der Waals surface area contributed by atoms with Crippen LogP contribution in [0, 0.1) is 5.92 Å². The maximum atomic E-state index is 12.5. The summed E-state index contributed by atoms with van der Waals surface area (Å²) >= 11 is 5.86. The van der Waals surface area contributed by atoms with Gasteiger partial charge in [-0.3, -0.25) is 9.69 Å². The van der Waals surface area contributed by atoms with Crippen LogP contribution in [0.1, 0.15) is 45.0 Å². The molecule has 0 aliphatic rings. The molecule has 0 saturated carbocycles. The SMILES string of the molecule is CC(C)CN(C(C)C)C(C)C(=O)c1ccc(Cl)cc1. The fourth-order valence-electron chi connectivity index (χ4n) is 2.24. The Morgan fingerprint density at radius 3 is 2.05 bits per heavy atom. The number of Topliss-reactive ketones (excluding diaryl/α,β-unsaturated/α-hetero) is 1. The zero-order valence-corrected chi connectivity index (χ0v) is 13.2. The number of hydrogen-bond donors (Lipinski definition) is 0. The second-order valence-corrected chi connectivity index (χ2v) is 6.17. The van der Waals surface area contributed by atoms with Crippen LogP contribution in [-0.2, 0) is 0 Å². The third kappa shape index (κ3) is 4.63. The third-order valence-electron chi connectivity index (χ3n) is 3.24. The highest BCUT2D eigenvalue weighted by atomic mass is 35.5. The van der Waals surface area contributed by atoms with Crippen molar-refractivity contribution >= 4 is 17.4 Å². The van der Waals surface area contributed by atoms with Gasteiger partial charge in [0.15, 0.2) is 5.78 Å². The summed E-state index contributed by atoms with van der Waals surface area (Å²) in [4.78, 5) is 14.8. The van der Waals surface area contributed by atoms with Crippen LogP contribution in [0.5, 0.6) is 0 Å². The summed E-state index contributed by atoms with van der Waals surface area (Å²) in [7, 11) is 0. The van der Waals surface area contributed by atoms with E-state index in [-0.39, 0.29) is 11.8 Å². The van der Waals surface area contributed by atoms with E-state index in [9.17, 15) is 4.79 Å². The van der Waals surface area contributed by atoms with Crippen LogP contribution in [-0.4, -0.2) is 29.3 Å². The highest BCUT2D eigenvalue weighted by Gasteiger charge is 2.24. The maximum absolute atomic E-state index is 12.5. The maximum Gasteiger partial charge on any atom is 0.179 e. The molecule has 19 heavy (non-hydrogen) atoms. The van der Waals surface area contributed by atoms with Gasteiger partial charge in [-0.15, -0.1) is 0 Å². The van der Waals surface area contributed by atoms with Gasteiger partial charge in [-0.2, -0.15) is 0 Å². The minimum absolute atomic E-state index is 0.108. The number of carbonyl (C=O) groups excluding carboxylic acids is 1. The molecular formula is C16H24ClNO. The number of hydrogen-bond acceptors (Lipinski definition) is 2. The molecule has 1 rings (SSSR count). The number of ketones is 1. The van der Waals surface area contributed by atoms with Gasteiger partial charge in [0, 0.05) is 23.2 Å². The summed E-state index contributed by atoms with van der Waals surface area (Å²) in [6.45, 7) is 11.5. The molecule has 3 heteroatoms. The van der Waals surface area contributed by atoms with Crippen LogP contribution in [0.2, 0.25) is 5.02 Å². The molecule has 1 atom stereocenters. The Morgan fingerprint density at radius 2 is 1.63 bits per heavy atom. The molecule has 106 valence electrons. The van der Waals surface area contributed by atoms with E-state index in [1.807, 2.05) is 6.92 Å². The lowest BCUT2D eigenvalue weighted by molar-refractivity contribution is 0.0763. The summed E-state index contributed by atoms with van der Waals surface area (Å²) in [6, 6.07) is 7.38. The first-order chi connectivity index (χ1) is 8.82. The monoisotopic (exact) mass is 281 g/mol. The first kappa shape index (κ1) is 16.2. The molecule has 0 bridgehead atoms. The number of benzene rings is 1. The van der Waals surface area contributed by atoms with E-state index in [4.69, 9.17) is 11.6 Å². The Balaban J connectivity index is 2.86. The number of halogens is 1. The van der Waals surface area contributed by atoms with Crippen molar-refractivity contribution in [1.29, 1.82) is 0 Å². The minimum atomic E-state index is -0.108. The quantitative estimate of drug-likeness (QED) is 0.726. The van der Waals surface area contributed by atoms with E-state index in [0.717, 1.165) is 12.1 Å². The van der Waals surface area contributed by atoms with Crippen molar-refractivity contribution in [3.8, 4) is 0 Å². The Morgan fingerprint density at radius 1 is 1.11 bits per heavy atom. The Hall–Kier alpha value is -0.860. The van der Waals surface area contributed by atoms with Crippen molar-refractivity contribution in [2.45, 2.75) is 46.7 Å². The van der Waals surface area contributed by atoms with Crippen LogP contribution < -0.4 is 0 Å². The molecule has 0 spiro atoms. The van der Waals surface area contributed by atoms with Crippen LogP contribution >= 0.6 is 11.6 Å². The molecule has 1 unspecified atom stereocenters. The van der Waals surface area contributed by atoms with Gasteiger partial charge in [0.2, 0.25) is 0 Å². The molecule has 0 fully saturated rings. The van der Waals surface area contributed by atoms with Gasteiger partial charge < -0.3 is 0 Å². The van der Waals surface area contributed by atoms with E-state index >= 15 is 0 Å². The van der Waals surface area contributed by atoms with Crippen molar-refractivity contribution in [3.63, 3.8) is 0 Å². The summed E-state index contributed by atoms with van der Waals surface area (Å²) in [5, 5.41) is 0.659. The van der Waals surface area contributed by atoms with Gasteiger partial charge in [0.05, 0.1) is 6.04 Å². The van der Waals surface area contributed by atoms with Crippen LogP contribution in [0.4, 0.5) is 0 Å². The van der Waals surface area contributed by atoms with E-state index < -0.39 is 0 Å². The van der Waals surface area contributed by atoms with Crippen LogP contribution in [0.3, 0.4) is 0 Å². The average Bonchev–Trinajstić information content (AvgIpc) is 2.34. The molecule has 0 aliphatic carbocycles. The number of nitrogens with zero attached hydrogens (tertiary/aromatic N) is 1. The second-order valence-electron chi connectivity index (χ2n) is 5.73. The molecule has 0 aromatic heterocycles. The molecule has 0 radical (unpaired) electrons. The summed E-state index contributed by atoms with van der Waals surface area (Å²) in [6.07, 6.45) is 0. The zero-order valence-electron chi connectivity index (χ0n) is 12.5. The lowest BCUT2D eigenvalue weighted by atomic mass is 10.0. The van der Waals surface area contributed by atoms with Crippen LogP contribution in [0.15, 0.2) is 24.3 Å². The van der Waals surface area contributed by atoms with Crippen molar-refractivity contribution in [2.24, 2.45) is 5.92 Å². The number of rotatable bonds is 6. The highest BCUT2D eigenvalue weighted by molar-refractivity contribution is 6.30. The zero-order chi connectivity index (χ0) is 14.6. The van der Waals surface area contributed by atoms with E-state index in [1.165, 1.54) is 0 Å². The topological polar surface area (TPSA) is 20.3 Å². The van der Waals surface area contributed by atoms with E-state index in [0.29, 0.717) is 17.0 Å². The largest absolute Gasteiger partial charge is 0.292 e. The Labute approximate surface area is 121 Å².